The molecule has 0 aromatic heterocycles. The highest BCUT2D eigenvalue weighted by atomic mass is 16.5. The minimum absolute atomic E-state index is 0.507. The van der Waals surface area contributed by atoms with Gasteiger partial charge in [0.05, 0.1) is 0 Å². The van der Waals surface area contributed by atoms with E-state index in [1.54, 1.807) is 0 Å². The standard InChI is InChI=1S/C21H26O3/c1-13-14(2)19-17(21(6,22)20(4,5)24-19)15(3)18(13)23-12-16-10-8-7-9-11-16/h7-11,22H,12H2,1-6H3. The van der Waals surface area contributed by atoms with Gasteiger partial charge in [0.15, 0.2) is 0 Å². The zero-order chi connectivity index (χ0) is 17.7. The predicted octanol–water partition coefficient (Wildman–Crippen LogP) is 4.57. The molecule has 0 bridgehead atoms. The van der Waals surface area contributed by atoms with Crippen LogP contribution >= 0.6 is 0 Å². The van der Waals surface area contributed by atoms with E-state index in [1.165, 1.54) is 0 Å². The summed E-state index contributed by atoms with van der Waals surface area (Å²) in [5.41, 5.74) is 3.29. The van der Waals surface area contributed by atoms with Crippen molar-refractivity contribution in [1.29, 1.82) is 0 Å². The molecule has 0 spiro atoms. The Labute approximate surface area is 144 Å². The molecule has 1 unspecified atom stereocenters. The third-order valence-corrected chi connectivity index (χ3v) is 5.43. The van der Waals surface area contributed by atoms with Gasteiger partial charge in [-0.15, -0.1) is 0 Å². The zero-order valence-corrected chi connectivity index (χ0v) is 15.4. The second-order valence-electron chi connectivity index (χ2n) is 7.37. The van der Waals surface area contributed by atoms with Gasteiger partial charge in [-0.3, -0.25) is 0 Å². The molecule has 0 fully saturated rings. The van der Waals surface area contributed by atoms with E-state index in [0.29, 0.717) is 6.61 Å². The summed E-state index contributed by atoms with van der Waals surface area (Å²) in [6, 6.07) is 10.1. The average molecular weight is 326 g/mol. The molecule has 24 heavy (non-hydrogen) atoms. The van der Waals surface area contributed by atoms with Crippen molar-refractivity contribution < 1.29 is 14.6 Å². The van der Waals surface area contributed by atoms with Crippen molar-refractivity contribution in [2.45, 2.75) is 59.4 Å². The minimum Gasteiger partial charge on any atom is -0.488 e. The number of hydrogen-bond donors (Lipinski definition) is 1. The van der Waals surface area contributed by atoms with Gasteiger partial charge in [-0.2, -0.15) is 0 Å². The highest BCUT2D eigenvalue weighted by molar-refractivity contribution is 5.62. The first-order valence-electron chi connectivity index (χ1n) is 8.39. The van der Waals surface area contributed by atoms with Gasteiger partial charge in [0.1, 0.15) is 29.3 Å². The number of ether oxygens (including phenoxy) is 2. The van der Waals surface area contributed by atoms with Gasteiger partial charge in [-0.25, -0.2) is 0 Å². The van der Waals surface area contributed by atoms with E-state index >= 15 is 0 Å². The predicted molar refractivity (Wildman–Crippen MR) is 95.7 cm³/mol. The summed E-state index contributed by atoms with van der Waals surface area (Å²) in [7, 11) is 0. The van der Waals surface area contributed by atoms with E-state index in [1.807, 2.05) is 71.9 Å². The Bertz CT molecular complexity index is 774. The SMILES string of the molecule is Cc1c(C)c2c(c(C)c1OCc1ccccc1)C(C)(O)C(C)(C)O2. The van der Waals surface area contributed by atoms with Gasteiger partial charge in [0.25, 0.3) is 0 Å². The van der Waals surface area contributed by atoms with Gasteiger partial charge in [-0.1, -0.05) is 30.3 Å². The third kappa shape index (κ3) is 2.39. The van der Waals surface area contributed by atoms with Gasteiger partial charge in [0, 0.05) is 11.1 Å². The van der Waals surface area contributed by atoms with Gasteiger partial charge in [-0.05, 0) is 58.2 Å². The topological polar surface area (TPSA) is 38.7 Å². The van der Waals surface area contributed by atoms with E-state index in [0.717, 1.165) is 39.3 Å². The van der Waals surface area contributed by atoms with E-state index in [9.17, 15) is 5.11 Å². The Balaban J connectivity index is 2.06. The molecular weight excluding hydrogens is 300 g/mol. The van der Waals surface area contributed by atoms with Crippen molar-refractivity contribution in [1.82, 2.24) is 0 Å². The average Bonchev–Trinajstić information content (AvgIpc) is 2.72. The highest BCUT2D eigenvalue weighted by Gasteiger charge is 2.52. The molecule has 3 rings (SSSR count). The van der Waals surface area contributed by atoms with Gasteiger partial charge < -0.3 is 14.6 Å². The lowest BCUT2D eigenvalue weighted by molar-refractivity contribution is -0.0810. The molecule has 1 N–H and O–H groups in total. The quantitative estimate of drug-likeness (QED) is 0.898. The molecule has 2 aromatic carbocycles. The summed E-state index contributed by atoms with van der Waals surface area (Å²) in [6.45, 7) is 12.3. The van der Waals surface area contributed by atoms with Crippen LogP contribution in [-0.4, -0.2) is 10.7 Å². The normalized spacial score (nSPS) is 21.3. The lowest BCUT2D eigenvalue weighted by Crippen LogP contribution is -2.44. The number of fused-ring (bicyclic) bond motifs is 1. The molecular formula is C21H26O3. The summed E-state index contributed by atoms with van der Waals surface area (Å²) in [5, 5.41) is 11.1. The summed E-state index contributed by atoms with van der Waals surface area (Å²) >= 11 is 0. The van der Waals surface area contributed by atoms with E-state index in [2.05, 4.69) is 0 Å². The number of hydrogen-bond acceptors (Lipinski definition) is 3. The van der Waals surface area contributed by atoms with Crippen molar-refractivity contribution in [2.75, 3.05) is 0 Å². The largest absolute Gasteiger partial charge is 0.488 e. The molecule has 1 heterocycles. The molecule has 0 saturated carbocycles. The Kier molecular flexibility index (Phi) is 3.88. The summed E-state index contributed by atoms with van der Waals surface area (Å²) in [5.74, 6) is 1.64. The Morgan fingerprint density at radius 3 is 2.21 bits per heavy atom. The maximum atomic E-state index is 11.1. The van der Waals surface area contributed by atoms with Crippen LogP contribution in [0.4, 0.5) is 0 Å². The van der Waals surface area contributed by atoms with Crippen molar-refractivity contribution in [3.8, 4) is 11.5 Å². The van der Waals surface area contributed by atoms with Crippen LogP contribution in [0.2, 0.25) is 0 Å². The number of rotatable bonds is 3. The molecule has 0 amide bonds. The molecule has 1 aliphatic rings. The van der Waals surface area contributed by atoms with Crippen LogP contribution in [0, 0.1) is 20.8 Å². The van der Waals surface area contributed by atoms with Crippen molar-refractivity contribution >= 4 is 0 Å². The molecule has 3 nitrogen and oxygen atoms in total. The van der Waals surface area contributed by atoms with E-state index in [4.69, 9.17) is 9.47 Å². The first-order valence-corrected chi connectivity index (χ1v) is 8.39. The maximum Gasteiger partial charge on any atom is 0.136 e. The molecule has 0 radical (unpaired) electrons. The van der Waals surface area contributed by atoms with Crippen LogP contribution in [0.25, 0.3) is 0 Å². The smallest absolute Gasteiger partial charge is 0.136 e. The lowest BCUT2D eigenvalue weighted by atomic mass is 9.80. The second-order valence-corrected chi connectivity index (χ2v) is 7.37. The molecule has 1 aliphatic heterocycles. The third-order valence-electron chi connectivity index (χ3n) is 5.43. The monoisotopic (exact) mass is 326 g/mol. The van der Waals surface area contributed by atoms with E-state index < -0.39 is 11.2 Å². The lowest BCUT2D eigenvalue weighted by Gasteiger charge is -2.32. The highest BCUT2D eigenvalue weighted by Crippen LogP contribution is 2.53. The van der Waals surface area contributed by atoms with Crippen molar-refractivity contribution in [3.05, 3.63) is 58.1 Å². The fourth-order valence-corrected chi connectivity index (χ4v) is 3.41. The summed E-state index contributed by atoms with van der Waals surface area (Å²) in [6.07, 6.45) is 0. The Morgan fingerprint density at radius 2 is 1.58 bits per heavy atom. The first kappa shape index (κ1) is 16.8. The van der Waals surface area contributed by atoms with Gasteiger partial charge >= 0.3 is 0 Å². The van der Waals surface area contributed by atoms with Crippen molar-refractivity contribution in [3.63, 3.8) is 0 Å². The van der Waals surface area contributed by atoms with Gasteiger partial charge in [0.2, 0.25) is 0 Å². The van der Waals surface area contributed by atoms with Crippen LogP contribution in [0.1, 0.15) is 48.6 Å². The van der Waals surface area contributed by atoms with Crippen molar-refractivity contribution in [2.24, 2.45) is 0 Å². The minimum atomic E-state index is -1.06. The molecule has 2 aromatic rings. The molecule has 3 heteroatoms. The summed E-state index contributed by atoms with van der Waals surface area (Å²) < 4.78 is 12.3. The molecule has 1 atom stereocenters. The fourth-order valence-electron chi connectivity index (χ4n) is 3.41. The molecule has 128 valence electrons. The first-order chi connectivity index (χ1) is 11.2. The van der Waals surface area contributed by atoms with Crippen LogP contribution < -0.4 is 9.47 Å². The Morgan fingerprint density at radius 1 is 0.958 bits per heavy atom. The molecule has 0 saturated heterocycles. The van der Waals surface area contributed by atoms with E-state index in [-0.39, 0.29) is 0 Å². The Hall–Kier alpha value is -2.00. The zero-order valence-electron chi connectivity index (χ0n) is 15.4. The van der Waals surface area contributed by atoms with Crippen LogP contribution in [0.15, 0.2) is 30.3 Å². The molecule has 0 aliphatic carbocycles. The second kappa shape index (κ2) is 5.52. The number of benzene rings is 2. The van der Waals surface area contributed by atoms with Crippen LogP contribution in [-0.2, 0) is 12.2 Å². The van der Waals surface area contributed by atoms with Crippen LogP contribution in [0.3, 0.4) is 0 Å². The summed E-state index contributed by atoms with van der Waals surface area (Å²) in [4.78, 5) is 0. The maximum absolute atomic E-state index is 11.1. The van der Waals surface area contributed by atoms with Crippen LogP contribution in [0.5, 0.6) is 11.5 Å². The number of aliphatic hydroxyl groups is 1. The fraction of sp³-hybridized carbons (Fsp3) is 0.429.